The molecule has 1 aliphatic heterocycles. The number of esters is 2. The van der Waals surface area contributed by atoms with E-state index < -0.39 is 34.5 Å². The first-order valence-electron chi connectivity index (χ1n) is 11.8. The van der Waals surface area contributed by atoms with Crippen LogP contribution in [-0.2, 0) is 25.7 Å². The number of aromatic nitrogens is 1. The highest BCUT2D eigenvalue weighted by molar-refractivity contribution is 9.10. The monoisotopic (exact) mass is 578 g/mol. The van der Waals surface area contributed by atoms with Crippen molar-refractivity contribution in [3.05, 3.63) is 104 Å². The fraction of sp³-hybridized carbons (Fsp3) is 0.214. The van der Waals surface area contributed by atoms with Gasteiger partial charge in [-0.25, -0.2) is 0 Å². The third-order valence-corrected chi connectivity index (χ3v) is 6.83. The maximum Gasteiger partial charge on any atom is 0.324 e. The molecule has 5 rings (SSSR count). The average molecular weight is 579 g/mol. The highest BCUT2D eigenvalue weighted by Gasteiger charge is 2.49. The Morgan fingerprint density at radius 1 is 1.03 bits per heavy atom. The average Bonchev–Trinajstić information content (AvgIpc) is 3.29. The van der Waals surface area contributed by atoms with Gasteiger partial charge in [0, 0.05) is 59.0 Å². The van der Waals surface area contributed by atoms with Crippen molar-refractivity contribution in [3.63, 3.8) is 0 Å². The van der Waals surface area contributed by atoms with Crippen molar-refractivity contribution in [2.75, 3.05) is 0 Å². The third kappa shape index (κ3) is 4.99. The molecule has 0 saturated carbocycles. The number of para-hydroxylation sites is 1. The van der Waals surface area contributed by atoms with Gasteiger partial charge in [0.25, 0.3) is 11.5 Å². The summed E-state index contributed by atoms with van der Waals surface area (Å²) in [6, 6.07) is 19.0. The van der Waals surface area contributed by atoms with Crippen molar-refractivity contribution in [1.29, 1.82) is 0 Å². The normalized spacial score (nSPS) is 16.1. The molecule has 0 amide bonds. The Hall–Kier alpha value is -4.18. The summed E-state index contributed by atoms with van der Waals surface area (Å²) in [7, 11) is 0. The van der Waals surface area contributed by atoms with Crippen LogP contribution in [0.2, 0.25) is 0 Å². The van der Waals surface area contributed by atoms with E-state index in [-0.39, 0.29) is 12.3 Å². The van der Waals surface area contributed by atoms with E-state index in [0.29, 0.717) is 22.4 Å². The summed E-state index contributed by atoms with van der Waals surface area (Å²) in [5.41, 5.74) is 2.82. The molecule has 1 fully saturated rings. The number of hydrogen-bond donors (Lipinski definition) is 1. The van der Waals surface area contributed by atoms with Crippen molar-refractivity contribution >= 4 is 44.5 Å². The summed E-state index contributed by atoms with van der Waals surface area (Å²) < 4.78 is 17.9. The smallest absolute Gasteiger partial charge is 0.324 e. The number of benzene rings is 3. The van der Waals surface area contributed by atoms with Gasteiger partial charge in [-0.3, -0.25) is 19.7 Å². The fourth-order valence-electron chi connectivity index (χ4n) is 4.65. The zero-order valence-corrected chi connectivity index (χ0v) is 22.1. The van der Waals surface area contributed by atoms with Crippen molar-refractivity contribution in [1.82, 2.24) is 4.98 Å². The van der Waals surface area contributed by atoms with E-state index in [0.717, 1.165) is 15.4 Å². The molecule has 194 valence electrons. The minimum Gasteiger partial charge on any atom is -0.489 e. The van der Waals surface area contributed by atoms with Gasteiger partial charge >= 0.3 is 11.9 Å². The molecule has 38 heavy (non-hydrogen) atoms. The van der Waals surface area contributed by atoms with Gasteiger partial charge in [-0.15, -0.1) is 0 Å². The minimum absolute atomic E-state index is 0.0188. The van der Waals surface area contributed by atoms with Crippen LogP contribution in [0.5, 0.6) is 5.75 Å². The number of fused-ring (bicyclic) bond motifs is 1. The standard InChI is InChI=1S/C28H23BrN2O7/c1-28(2)37-26(32)25(27(33)38-28)24(21-14-30-22-6-4-3-5-19(21)22)20-13-17(29)9-12-23(20)36-15-16-7-10-18(11-8-16)31(34)35/h3-14,24-25,30H,15H2,1-2H3/t24-/m0/s1. The van der Waals surface area contributed by atoms with Crippen LogP contribution in [0.3, 0.4) is 0 Å². The van der Waals surface area contributed by atoms with Gasteiger partial charge in [0.15, 0.2) is 5.92 Å². The minimum atomic E-state index is -1.37. The Morgan fingerprint density at radius 3 is 2.39 bits per heavy atom. The molecule has 2 heterocycles. The van der Waals surface area contributed by atoms with Gasteiger partial charge in [0.1, 0.15) is 12.4 Å². The number of H-pyrrole nitrogens is 1. The fourth-order valence-corrected chi connectivity index (χ4v) is 5.03. The van der Waals surface area contributed by atoms with Crippen molar-refractivity contribution in [3.8, 4) is 5.75 Å². The first kappa shape index (κ1) is 25.5. The molecule has 1 atom stereocenters. The second-order valence-corrected chi connectivity index (χ2v) is 10.3. The Labute approximate surface area is 226 Å². The molecule has 1 N–H and O–H groups in total. The molecule has 0 aliphatic carbocycles. The van der Waals surface area contributed by atoms with Crippen LogP contribution in [0.4, 0.5) is 5.69 Å². The van der Waals surface area contributed by atoms with Crippen molar-refractivity contribution < 1.29 is 28.7 Å². The Morgan fingerprint density at radius 2 is 1.71 bits per heavy atom. The summed E-state index contributed by atoms with van der Waals surface area (Å²) in [6.07, 6.45) is 1.77. The number of ether oxygens (including phenoxy) is 3. The lowest BCUT2D eigenvalue weighted by Gasteiger charge is -2.36. The highest BCUT2D eigenvalue weighted by atomic mass is 79.9. The molecule has 1 aliphatic rings. The quantitative estimate of drug-likeness (QED) is 0.123. The SMILES string of the molecule is CC1(C)OC(=O)C([C@@H](c2cc(Br)ccc2OCc2ccc([N+](=O)[O-])cc2)c2c[nH]c3ccccc23)C(=O)O1. The van der Waals surface area contributed by atoms with E-state index in [1.165, 1.54) is 26.0 Å². The number of hydrogen-bond acceptors (Lipinski definition) is 7. The van der Waals surface area contributed by atoms with Gasteiger partial charge in [-0.1, -0.05) is 34.1 Å². The second-order valence-electron chi connectivity index (χ2n) is 9.38. The first-order chi connectivity index (χ1) is 18.1. The number of nitrogens with one attached hydrogen (secondary N) is 1. The van der Waals surface area contributed by atoms with Crippen LogP contribution >= 0.6 is 15.9 Å². The predicted molar refractivity (Wildman–Crippen MR) is 141 cm³/mol. The number of aromatic amines is 1. The van der Waals surface area contributed by atoms with Gasteiger partial charge in [-0.05, 0) is 47.5 Å². The molecule has 3 aromatic carbocycles. The zero-order valence-electron chi connectivity index (χ0n) is 20.5. The number of carbonyl (C=O) groups is 2. The number of non-ortho nitro benzene ring substituents is 1. The Bertz CT molecular complexity index is 1520. The number of nitro benzene ring substituents is 1. The van der Waals surface area contributed by atoms with Gasteiger partial charge in [0.2, 0.25) is 0 Å². The lowest BCUT2D eigenvalue weighted by atomic mass is 9.79. The molecule has 1 aromatic heterocycles. The maximum atomic E-state index is 13.3. The largest absolute Gasteiger partial charge is 0.489 e. The molecule has 10 heteroatoms. The van der Waals surface area contributed by atoms with Gasteiger partial charge in [0.05, 0.1) is 4.92 Å². The Kier molecular flexibility index (Phi) is 6.66. The van der Waals surface area contributed by atoms with E-state index in [4.69, 9.17) is 14.2 Å². The maximum absolute atomic E-state index is 13.3. The summed E-state index contributed by atoms with van der Waals surface area (Å²) >= 11 is 3.51. The lowest BCUT2D eigenvalue weighted by molar-refractivity contribution is -0.384. The Balaban J connectivity index is 1.59. The molecule has 0 spiro atoms. The number of cyclic esters (lactones) is 2. The topological polar surface area (TPSA) is 121 Å². The predicted octanol–water partition coefficient (Wildman–Crippen LogP) is 6.00. The van der Waals surface area contributed by atoms with Crippen LogP contribution < -0.4 is 4.74 Å². The van der Waals surface area contributed by atoms with Crippen LogP contribution in [-0.4, -0.2) is 27.6 Å². The van der Waals surface area contributed by atoms with E-state index in [2.05, 4.69) is 20.9 Å². The van der Waals surface area contributed by atoms with E-state index in [1.807, 2.05) is 24.3 Å². The van der Waals surface area contributed by atoms with E-state index in [1.54, 1.807) is 36.5 Å². The van der Waals surface area contributed by atoms with Crippen molar-refractivity contribution in [2.45, 2.75) is 32.2 Å². The number of halogens is 1. The summed E-state index contributed by atoms with van der Waals surface area (Å²) in [5, 5.41) is 11.8. The van der Waals surface area contributed by atoms with E-state index >= 15 is 0 Å². The molecule has 4 aromatic rings. The van der Waals surface area contributed by atoms with E-state index in [9.17, 15) is 19.7 Å². The highest BCUT2D eigenvalue weighted by Crippen LogP contribution is 2.44. The lowest BCUT2D eigenvalue weighted by Crippen LogP contribution is -2.48. The summed E-state index contributed by atoms with van der Waals surface area (Å²) in [5.74, 6) is -4.40. The zero-order chi connectivity index (χ0) is 27.0. The van der Waals surface area contributed by atoms with Gasteiger partial charge < -0.3 is 19.2 Å². The molecular formula is C28H23BrN2O7. The molecule has 0 radical (unpaired) electrons. The third-order valence-electron chi connectivity index (χ3n) is 6.34. The molecule has 0 unspecified atom stereocenters. The van der Waals surface area contributed by atoms with Crippen LogP contribution in [0.1, 0.15) is 36.5 Å². The molecule has 9 nitrogen and oxygen atoms in total. The van der Waals surface area contributed by atoms with Crippen molar-refractivity contribution in [2.24, 2.45) is 5.92 Å². The first-order valence-corrected chi connectivity index (χ1v) is 12.6. The van der Waals surface area contributed by atoms with Crippen LogP contribution in [0.15, 0.2) is 77.4 Å². The van der Waals surface area contributed by atoms with Crippen LogP contribution in [0.25, 0.3) is 10.9 Å². The number of carbonyl (C=O) groups excluding carboxylic acids is 2. The number of rotatable bonds is 7. The molecule has 1 saturated heterocycles. The second kappa shape index (κ2) is 9.94. The molecular weight excluding hydrogens is 556 g/mol. The van der Waals surface area contributed by atoms with Crippen LogP contribution in [0, 0.1) is 16.0 Å². The summed E-state index contributed by atoms with van der Waals surface area (Å²) in [4.78, 5) is 40.3. The number of nitro groups is 1. The van der Waals surface area contributed by atoms with Gasteiger partial charge in [-0.2, -0.15) is 0 Å². The summed E-state index contributed by atoms with van der Waals surface area (Å²) in [6.45, 7) is 3.13. The molecule has 0 bridgehead atoms. The number of nitrogens with zero attached hydrogens (tertiary/aromatic N) is 1.